The number of nitrogens with one attached hydrogen (secondary N) is 2. The van der Waals surface area contributed by atoms with E-state index in [1.54, 1.807) is 6.33 Å². The highest BCUT2D eigenvalue weighted by molar-refractivity contribution is 5.82. The van der Waals surface area contributed by atoms with Gasteiger partial charge in [0.05, 0.1) is 28.2 Å². The van der Waals surface area contributed by atoms with Gasteiger partial charge in [-0.25, -0.2) is 9.97 Å². The number of nitrogens with zero attached hydrogens (tertiary/aromatic N) is 6. The van der Waals surface area contributed by atoms with Gasteiger partial charge in [-0.2, -0.15) is 10.4 Å². The Morgan fingerprint density at radius 3 is 2.76 bits per heavy atom. The molecule has 0 saturated heterocycles. The highest BCUT2D eigenvalue weighted by Crippen LogP contribution is 2.44. The molecular formula is C24H24N8O. The first-order valence-electron chi connectivity index (χ1n) is 10.9. The third-order valence-electron chi connectivity index (χ3n) is 5.89. The first kappa shape index (κ1) is 20.8. The number of benzene rings is 1. The van der Waals surface area contributed by atoms with Crippen LogP contribution in [0.2, 0.25) is 0 Å². The molecule has 9 nitrogen and oxygen atoms in total. The number of aryl methyl sites for hydroxylation is 1. The molecule has 1 aliphatic carbocycles. The number of fused-ring (bicyclic) bond motifs is 1. The van der Waals surface area contributed by atoms with Gasteiger partial charge in [0.15, 0.2) is 5.82 Å². The number of pyridine rings is 1. The molecule has 3 heterocycles. The largest absolute Gasteiger partial charge is 0.396 e. The third kappa shape index (κ3) is 4.33. The number of hydrogen-bond acceptors (Lipinski definition) is 8. The number of aromatic nitrogens is 5. The topological polar surface area (TPSA) is 125 Å². The van der Waals surface area contributed by atoms with Gasteiger partial charge in [-0.05, 0) is 68.1 Å². The summed E-state index contributed by atoms with van der Waals surface area (Å²) < 4.78 is 1.92. The molecule has 0 bridgehead atoms. The molecule has 0 amide bonds. The molecule has 0 aliphatic heterocycles. The van der Waals surface area contributed by atoms with Crippen molar-refractivity contribution in [1.82, 2.24) is 24.7 Å². The lowest BCUT2D eigenvalue weighted by atomic mass is 10.1. The van der Waals surface area contributed by atoms with Gasteiger partial charge >= 0.3 is 0 Å². The van der Waals surface area contributed by atoms with Crippen LogP contribution in [0.1, 0.15) is 24.1 Å². The molecule has 0 radical (unpaired) electrons. The van der Waals surface area contributed by atoms with E-state index < -0.39 is 0 Å². The molecule has 9 heteroatoms. The quantitative estimate of drug-likeness (QED) is 0.380. The van der Waals surface area contributed by atoms with E-state index in [1.165, 1.54) is 0 Å². The Balaban J connectivity index is 1.46. The zero-order chi connectivity index (χ0) is 22.8. The van der Waals surface area contributed by atoms with Crippen LogP contribution in [0, 0.1) is 23.7 Å². The Labute approximate surface area is 191 Å². The molecule has 1 aromatic carbocycles. The molecule has 1 aliphatic rings. The smallest absolute Gasteiger partial charge is 0.153 e. The van der Waals surface area contributed by atoms with Crippen molar-refractivity contribution < 1.29 is 5.11 Å². The minimum Gasteiger partial charge on any atom is -0.396 e. The van der Waals surface area contributed by atoms with Crippen LogP contribution in [0.4, 0.5) is 17.3 Å². The van der Waals surface area contributed by atoms with Gasteiger partial charge in [0.2, 0.25) is 0 Å². The Hall–Kier alpha value is -4.03. The van der Waals surface area contributed by atoms with Crippen LogP contribution in [0.25, 0.3) is 16.9 Å². The van der Waals surface area contributed by atoms with E-state index in [0.29, 0.717) is 30.4 Å². The van der Waals surface area contributed by atoms with Crippen LogP contribution in [0.15, 0.2) is 48.8 Å². The standard InChI is InChI=1S/C24H24N8O/c1-16-2-6-21(31-30-16)28-18-4-5-19-20(12-18)32(15-27-19)22-7-3-17(8-11-33)23(29-22)26-14-24(13-25)9-10-24/h2-7,12,15,33H,8-11,14H2,1H3,(H,26,29)(H,28,31). The zero-order valence-corrected chi connectivity index (χ0v) is 18.3. The van der Waals surface area contributed by atoms with E-state index in [0.717, 1.165) is 40.8 Å². The molecule has 1 fully saturated rings. The van der Waals surface area contributed by atoms with E-state index >= 15 is 0 Å². The predicted octanol–water partition coefficient (Wildman–Crippen LogP) is 3.51. The fraction of sp³-hybridized carbons (Fsp3) is 0.292. The normalized spacial score (nSPS) is 14.1. The van der Waals surface area contributed by atoms with Crippen molar-refractivity contribution >= 4 is 28.4 Å². The molecule has 4 aromatic rings. The highest BCUT2D eigenvalue weighted by Gasteiger charge is 2.43. The maximum absolute atomic E-state index is 9.45. The first-order chi connectivity index (χ1) is 16.1. The van der Waals surface area contributed by atoms with Crippen molar-refractivity contribution in [2.45, 2.75) is 26.2 Å². The maximum Gasteiger partial charge on any atom is 0.153 e. The number of hydrogen-bond donors (Lipinski definition) is 3. The second-order valence-corrected chi connectivity index (χ2v) is 8.40. The number of aliphatic hydroxyl groups excluding tert-OH is 1. The molecule has 1 saturated carbocycles. The van der Waals surface area contributed by atoms with Crippen molar-refractivity contribution in [3.8, 4) is 11.9 Å². The summed E-state index contributed by atoms with van der Waals surface area (Å²) in [5.74, 6) is 2.06. The highest BCUT2D eigenvalue weighted by atomic mass is 16.3. The molecule has 3 aromatic heterocycles. The molecule has 166 valence electrons. The van der Waals surface area contributed by atoms with Crippen molar-refractivity contribution in [2.24, 2.45) is 5.41 Å². The van der Waals surface area contributed by atoms with Crippen molar-refractivity contribution in [3.63, 3.8) is 0 Å². The van der Waals surface area contributed by atoms with Gasteiger partial charge in [-0.1, -0.05) is 6.07 Å². The summed E-state index contributed by atoms with van der Waals surface area (Å²) in [6, 6.07) is 16.0. The fourth-order valence-electron chi connectivity index (χ4n) is 3.70. The lowest BCUT2D eigenvalue weighted by molar-refractivity contribution is 0.299. The third-order valence-corrected chi connectivity index (χ3v) is 5.89. The van der Waals surface area contributed by atoms with Crippen LogP contribution in [0.3, 0.4) is 0 Å². The van der Waals surface area contributed by atoms with E-state index in [4.69, 9.17) is 4.98 Å². The van der Waals surface area contributed by atoms with E-state index in [1.807, 2.05) is 54.0 Å². The fourth-order valence-corrected chi connectivity index (χ4v) is 3.70. The van der Waals surface area contributed by atoms with Crippen molar-refractivity contribution in [3.05, 3.63) is 60.0 Å². The van der Waals surface area contributed by atoms with Gasteiger partial charge in [0.1, 0.15) is 18.0 Å². The lowest BCUT2D eigenvalue weighted by Gasteiger charge is -2.15. The number of nitriles is 1. The molecular weight excluding hydrogens is 416 g/mol. The van der Waals surface area contributed by atoms with Crippen LogP contribution >= 0.6 is 0 Å². The van der Waals surface area contributed by atoms with Crippen LogP contribution in [0.5, 0.6) is 0 Å². The summed E-state index contributed by atoms with van der Waals surface area (Å²) in [5.41, 5.74) is 4.07. The van der Waals surface area contributed by atoms with Gasteiger partial charge in [0.25, 0.3) is 0 Å². The van der Waals surface area contributed by atoms with Gasteiger partial charge in [0, 0.05) is 18.8 Å². The van der Waals surface area contributed by atoms with E-state index in [-0.39, 0.29) is 12.0 Å². The second kappa shape index (κ2) is 8.48. The minimum atomic E-state index is -0.296. The summed E-state index contributed by atoms with van der Waals surface area (Å²) in [5, 5.41) is 33.7. The molecule has 0 unspecified atom stereocenters. The second-order valence-electron chi connectivity index (χ2n) is 8.40. The number of rotatable bonds is 8. The predicted molar refractivity (Wildman–Crippen MR) is 125 cm³/mol. The van der Waals surface area contributed by atoms with E-state index in [2.05, 4.69) is 31.9 Å². The summed E-state index contributed by atoms with van der Waals surface area (Å²) in [7, 11) is 0. The Kier molecular flexibility index (Phi) is 5.36. The molecule has 3 N–H and O–H groups in total. The number of anilines is 3. The minimum absolute atomic E-state index is 0.0318. The summed E-state index contributed by atoms with van der Waals surface area (Å²) in [4.78, 5) is 9.34. The molecule has 0 atom stereocenters. The first-order valence-corrected chi connectivity index (χ1v) is 10.9. The summed E-state index contributed by atoms with van der Waals surface area (Å²) >= 11 is 0. The van der Waals surface area contributed by atoms with Gasteiger partial charge in [-0.15, -0.1) is 5.10 Å². The lowest BCUT2D eigenvalue weighted by Crippen LogP contribution is -2.16. The number of imidazole rings is 1. The Bertz CT molecular complexity index is 1340. The molecule has 0 spiro atoms. The maximum atomic E-state index is 9.45. The molecule has 5 rings (SSSR count). The van der Waals surface area contributed by atoms with Gasteiger partial charge in [-0.3, -0.25) is 4.57 Å². The molecule has 33 heavy (non-hydrogen) atoms. The average Bonchev–Trinajstić information content (AvgIpc) is 3.50. The SMILES string of the molecule is Cc1ccc(Nc2ccc3ncn(-c4ccc(CCO)c(NCC5(C#N)CC5)n4)c3c2)nn1. The Morgan fingerprint density at radius 2 is 2.03 bits per heavy atom. The van der Waals surface area contributed by atoms with Gasteiger partial charge < -0.3 is 15.7 Å². The zero-order valence-electron chi connectivity index (χ0n) is 18.3. The summed E-state index contributed by atoms with van der Waals surface area (Å²) in [6.45, 7) is 2.48. The summed E-state index contributed by atoms with van der Waals surface area (Å²) in [6.07, 6.45) is 4.04. The average molecular weight is 441 g/mol. The van der Waals surface area contributed by atoms with Crippen LogP contribution in [-0.4, -0.2) is 43.0 Å². The number of aliphatic hydroxyl groups is 1. The van der Waals surface area contributed by atoms with E-state index in [9.17, 15) is 10.4 Å². The van der Waals surface area contributed by atoms with Crippen molar-refractivity contribution in [2.75, 3.05) is 23.8 Å². The van der Waals surface area contributed by atoms with Crippen LogP contribution < -0.4 is 10.6 Å². The van der Waals surface area contributed by atoms with Crippen molar-refractivity contribution in [1.29, 1.82) is 5.26 Å². The van der Waals surface area contributed by atoms with Crippen LogP contribution in [-0.2, 0) is 6.42 Å². The Morgan fingerprint density at radius 1 is 1.15 bits per heavy atom. The monoisotopic (exact) mass is 440 g/mol.